The highest BCUT2D eigenvalue weighted by Gasteiger charge is 2.17. The molecular formula is C15H19N3OS. The number of thioether (sulfide) groups is 1. The normalized spacial score (nSPS) is 12.2. The first-order chi connectivity index (χ1) is 9.65. The SMILES string of the molecule is CC[C@H](NC(=O)c1cc(SC)ccc1C)c1ncc[nH]1. The van der Waals surface area contributed by atoms with Crippen molar-refractivity contribution >= 4 is 17.7 Å². The van der Waals surface area contributed by atoms with Crippen LogP contribution in [-0.2, 0) is 0 Å². The minimum Gasteiger partial charge on any atom is -0.347 e. The molecule has 2 aromatic rings. The zero-order chi connectivity index (χ0) is 14.5. The van der Waals surface area contributed by atoms with Gasteiger partial charge in [0, 0.05) is 22.9 Å². The highest BCUT2D eigenvalue weighted by atomic mass is 32.2. The van der Waals surface area contributed by atoms with Gasteiger partial charge in [0.15, 0.2) is 0 Å². The average Bonchev–Trinajstić information content (AvgIpc) is 2.99. The van der Waals surface area contributed by atoms with Crippen LogP contribution in [0.2, 0.25) is 0 Å². The topological polar surface area (TPSA) is 57.8 Å². The van der Waals surface area contributed by atoms with Crippen molar-refractivity contribution in [3.63, 3.8) is 0 Å². The Kier molecular flexibility index (Phi) is 4.84. The molecule has 1 aromatic carbocycles. The third-order valence-electron chi connectivity index (χ3n) is 3.25. The van der Waals surface area contributed by atoms with Crippen LogP contribution in [0.5, 0.6) is 0 Å². The van der Waals surface area contributed by atoms with Crippen molar-refractivity contribution < 1.29 is 4.79 Å². The van der Waals surface area contributed by atoms with Crippen molar-refractivity contribution in [2.45, 2.75) is 31.2 Å². The van der Waals surface area contributed by atoms with E-state index in [4.69, 9.17) is 0 Å². The summed E-state index contributed by atoms with van der Waals surface area (Å²) in [6, 6.07) is 5.86. The summed E-state index contributed by atoms with van der Waals surface area (Å²) >= 11 is 1.63. The van der Waals surface area contributed by atoms with Crippen molar-refractivity contribution in [2.24, 2.45) is 0 Å². The molecule has 0 bridgehead atoms. The molecule has 4 nitrogen and oxygen atoms in total. The zero-order valence-corrected chi connectivity index (χ0v) is 12.8. The summed E-state index contributed by atoms with van der Waals surface area (Å²) in [6.45, 7) is 3.98. The van der Waals surface area contributed by atoms with Crippen molar-refractivity contribution in [2.75, 3.05) is 6.26 Å². The van der Waals surface area contributed by atoms with Gasteiger partial charge in [-0.25, -0.2) is 4.98 Å². The standard InChI is InChI=1S/C15H19N3OS/c1-4-13(14-16-7-8-17-14)18-15(19)12-9-11(20-3)6-5-10(12)2/h5-9,13H,4H2,1-3H3,(H,16,17)(H,18,19)/t13-/m0/s1. The van der Waals surface area contributed by atoms with E-state index >= 15 is 0 Å². The number of nitrogens with one attached hydrogen (secondary N) is 2. The molecule has 1 atom stereocenters. The van der Waals surface area contributed by atoms with Gasteiger partial charge in [0.1, 0.15) is 5.82 Å². The van der Waals surface area contributed by atoms with Gasteiger partial charge < -0.3 is 10.3 Å². The molecule has 0 aliphatic heterocycles. The summed E-state index contributed by atoms with van der Waals surface area (Å²) < 4.78 is 0. The van der Waals surface area contributed by atoms with Gasteiger partial charge in [-0.15, -0.1) is 11.8 Å². The summed E-state index contributed by atoms with van der Waals surface area (Å²) in [5, 5.41) is 3.04. The van der Waals surface area contributed by atoms with Gasteiger partial charge in [-0.1, -0.05) is 13.0 Å². The number of nitrogens with zero attached hydrogens (tertiary/aromatic N) is 1. The van der Waals surface area contributed by atoms with E-state index in [2.05, 4.69) is 15.3 Å². The van der Waals surface area contributed by atoms with Gasteiger partial charge in [0.2, 0.25) is 0 Å². The van der Waals surface area contributed by atoms with Crippen LogP contribution in [0.1, 0.15) is 41.1 Å². The summed E-state index contributed by atoms with van der Waals surface area (Å²) in [7, 11) is 0. The maximum absolute atomic E-state index is 12.4. The Balaban J connectivity index is 2.19. The third kappa shape index (κ3) is 3.22. The second kappa shape index (κ2) is 6.61. The molecule has 0 spiro atoms. The number of benzene rings is 1. The second-order valence-corrected chi connectivity index (χ2v) is 5.47. The van der Waals surface area contributed by atoms with Crippen LogP contribution >= 0.6 is 11.8 Å². The largest absolute Gasteiger partial charge is 0.347 e. The van der Waals surface area contributed by atoms with Crippen LogP contribution in [0.4, 0.5) is 0 Å². The van der Waals surface area contributed by atoms with Crippen LogP contribution in [0, 0.1) is 6.92 Å². The van der Waals surface area contributed by atoms with Crippen molar-refractivity contribution in [1.82, 2.24) is 15.3 Å². The number of aromatic nitrogens is 2. The lowest BCUT2D eigenvalue weighted by Crippen LogP contribution is -2.29. The van der Waals surface area contributed by atoms with Gasteiger partial charge in [-0.3, -0.25) is 4.79 Å². The van der Waals surface area contributed by atoms with Gasteiger partial charge >= 0.3 is 0 Å². The number of amides is 1. The molecule has 5 heteroatoms. The van der Waals surface area contributed by atoms with E-state index in [1.807, 2.05) is 38.3 Å². The first-order valence-corrected chi connectivity index (χ1v) is 7.83. The quantitative estimate of drug-likeness (QED) is 0.830. The van der Waals surface area contributed by atoms with E-state index in [9.17, 15) is 4.79 Å². The molecule has 20 heavy (non-hydrogen) atoms. The molecule has 2 N–H and O–H groups in total. The average molecular weight is 289 g/mol. The Morgan fingerprint density at radius 1 is 1.50 bits per heavy atom. The summed E-state index contributed by atoms with van der Waals surface area (Å²) in [5.74, 6) is 0.737. The summed E-state index contributed by atoms with van der Waals surface area (Å²) in [4.78, 5) is 20.8. The number of carbonyl (C=O) groups is 1. The Morgan fingerprint density at radius 3 is 2.90 bits per heavy atom. The number of carbonyl (C=O) groups excluding carboxylic acids is 1. The number of aromatic amines is 1. The van der Waals surface area contributed by atoms with Gasteiger partial charge in [0.25, 0.3) is 5.91 Å². The molecule has 0 radical (unpaired) electrons. The molecule has 0 unspecified atom stereocenters. The highest BCUT2D eigenvalue weighted by molar-refractivity contribution is 7.98. The molecule has 0 aliphatic rings. The van der Waals surface area contributed by atoms with E-state index in [-0.39, 0.29) is 11.9 Å². The number of hydrogen-bond donors (Lipinski definition) is 2. The van der Waals surface area contributed by atoms with Crippen molar-refractivity contribution in [3.8, 4) is 0 Å². The van der Waals surface area contributed by atoms with Gasteiger partial charge in [0.05, 0.1) is 6.04 Å². The van der Waals surface area contributed by atoms with E-state index in [1.165, 1.54) is 0 Å². The molecule has 2 rings (SSSR count). The number of rotatable bonds is 5. The predicted octanol–water partition coefficient (Wildman–Crippen LogP) is 3.32. The zero-order valence-electron chi connectivity index (χ0n) is 11.9. The molecule has 0 saturated heterocycles. The fourth-order valence-electron chi connectivity index (χ4n) is 2.04. The minimum atomic E-state index is -0.0881. The first-order valence-electron chi connectivity index (χ1n) is 6.60. The Bertz CT molecular complexity index is 581. The summed E-state index contributed by atoms with van der Waals surface area (Å²) in [5.41, 5.74) is 1.71. The van der Waals surface area contributed by atoms with Crippen molar-refractivity contribution in [3.05, 3.63) is 47.5 Å². The molecule has 1 amide bonds. The number of H-pyrrole nitrogens is 1. The monoisotopic (exact) mass is 289 g/mol. The van der Waals surface area contributed by atoms with Crippen LogP contribution in [0.3, 0.4) is 0 Å². The Hall–Kier alpha value is -1.75. The molecule has 0 saturated carbocycles. The van der Waals surface area contributed by atoms with Crippen LogP contribution in [-0.4, -0.2) is 22.1 Å². The van der Waals surface area contributed by atoms with Crippen LogP contribution in [0.15, 0.2) is 35.5 Å². The summed E-state index contributed by atoms with van der Waals surface area (Å²) in [6.07, 6.45) is 6.26. The first kappa shape index (κ1) is 14.7. The Morgan fingerprint density at radius 2 is 2.30 bits per heavy atom. The lowest BCUT2D eigenvalue weighted by Gasteiger charge is -2.16. The van der Waals surface area contributed by atoms with Crippen LogP contribution < -0.4 is 5.32 Å². The van der Waals surface area contributed by atoms with Gasteiger partial charge in [-0.2, -0.15) is 0 Å². The minimum absolute atomic E-state index is 0.0540. The molecule has 106 valence electrons. The number of aryl methyl sites for hydroxylation is 1. The lowest BCUT2D eigenvalue weighted by molar-refractivity contribution is 0.0933. The van der Waals surface area contributed by atoms with Gasteiger partial charge in [-0.05, 0) is 37.3 Å². The van der Waals surface area contributed by atoms with E-state index in [0.717, 1.165) is 28.3 Å². The van der Waals surface area contributed by atoms with E-state index < -0.39 is 0 Å². The molecule has 1 heterocycles. The second-order valence-electron chi connectivity index (χ2n) is 4.59. The smallest absolute Gasteiger partial charge is 0.252 e. The fourth-order valence-corrected chi connectivity index (χ4v) is 2.48. The fraction of sp³-hybridized carbons (Fsp3) is 0.333. The Labute approximate surface area is 123 Å². The maximum atomic E-state index is 12.4. The third-order valence-corrected chi connectivity index (χ3v) is 3.98. The van der Waals surface area contributed by atoms with Crippen LogP contribution in [0.25, 0.3) is 0 Å². The van der Waals surface area contributed by atoms with E-state index in [0.29, 0.717) is 0 Å². The highest BCUT2D eigenvalue weighted by Crippen LogP contribution is 2.20. The maximum Gasteiger partial charge on any atom is 0.252 e. The number of imidazole rings is 1. The van der Waals surface area contributed by atoms with E-state index in [1.54, 1.807) is 24.2 Å². The molecular weight excluding hydrogens is 270 g/mol. The predicted molar refractivity (Wildman–Crippen MR) is 82.0 cm³/mol. The molecule has 1 aromatic heterocycles. The molecule has 0 aliphatic carbocycles. The lowest BCUT2D eigenvalue weighted by atomic mass is 10.1. The number of hydrogen-bond acceptors (Lipinski definition) is 3. The molecule has 0 fully saturated rings. The van der Waals surface area contributed by atoms with Crippen molar-refractivity contribution in [1.29, 1.82) is 0 Å².